The highest BCUT2D eigenvalue weighted by molar-refractivity contribution is 7.93. The van der Waals surface area contributed by atoms with Crippen LogP contribution in [0.2, 0.25) is 0 Å². The van der Waals surface area contributed by atoms with Crippen molar-refractivity contribution < 1.29 is 22.6 Å². The zero-order valence-corrected chi connectivity index (χ0v) is 22.2. The molecule has 0 aromatic heterocycles. The topological polar surface area (TPSA) is 65.1 Å². The second-order valence-electron chi connectivity index (χ2n) is 9.86. The van der Waals surface area contributed by atoms with Gasteiger partial charge in [0.25, 0.3) is 10.0 Å². The standard InChI is InChI=1S/C27H39NO5S/c1-19(2)17-28(25-9-7-21(5)15-22(25)6)34(29,30)27-10-8-24(16-26(27)33-20(3)4)32-18-23-11-13-31-14-12-23/h7-10,15-16,19-20,23H,11-14,17-18H2,1-6H3. The molecule has 0 aliphatic carbocycles. The zero-order valence-electron chi connectivity index (χ0n) is 21.3. The van der Waals surface area contributed by atoms with Crippen molar-refractivity contribution in [2.45, 2.75) is 65.4 Å². The Kier molecular flexibility index (Phi) is 8.88. The Labute approximate surface area is 205 Å². The lowest BCUT2D eigenvalue weighted by molar-refractivity contribution is 0.0497. The lowest BCUT2D eigenvalue weighted by Crippen LogP contribution is -2.35. The molecule has 1 saturated heterocycles. The molecule has 0 spiro atoms. The summed E-state index contributed by atoms with van der Waals surface area (Å²) in [6, 6.07) is 10.9. The molecule has 1 fully saturated rings. The quantitative estimate of drug-likeness (QED) is 0.425. The van der Waals surface area contributed by atoms with Gasteiger partial charge in [0.05, 0.1) is 18.4 Å². The number of nitrogens with zero attached hydrogens (tertiary/aromatic N) is 1. The van der Waals surface area contributed by atoms with Gasteiger partial charge in [-0.3, -0.25) is 4.31 Å². The molecule has 3 rings (SSSR count). The van der Waals surface area contributed by atoms with Crippen molar-refractivity contribution >= 4 is 15.7 Å². The maximum Gasteiger partial charge on any atom is 0.268 e. The minimum absolute atomic E-state index is 0.145. The lowest BCUT2D eigenvalue weighted by Gasteiger charge is -2.29. The van der Waals surface area contributed by atoms with Crippen LogP contribution in [0.25, 0.3) is 0 Å². The Balaban J connectivity index is 1.97. The van der Waals surface area contributed by atoms with E-state index in [0.717, 1.165) is 37.2 Å². The molecule has 34 heavy (non-hydrogen) atoms. The van der Waals surface area contributed by atoms with E-state index in [-0.39, 0.29) is 16.9 Å². The van der Waals surface area contributed by atoms with Gasteiger partial charge in [0, 0.05) is 25.8 Å². The molecule has 0 unspecified atom stereocenters. The van der Waals surface area contributed by atoms with Gasteiger partial charge < -0.3 is 14.2 Å². The zero-order chi connectivity index (χ0) is 24.9. The summed E-state index contributed by atoms with van der Waals surface area (Å²) in [4.78, 5) is 0.153. The monoisotopic (exact) mass is 489 g/mol. The average molecular weight is 490 g/mol. The summed E-state index contributed by atoms with van der Waals surface area (Å²) in [5.74, 6) is 1.52. The van der Waals surface area contributed by atoms with Gasteiger partial charge >= 0.3 is 0 Å². The van der Waals surface area contributed by atoms with Crippen molar-refractivity contribution in [2.24, 2.45) is 11.8 Å². The van der Waals surface area contributed by atoms with Crippen molar-refractivity contribution in [2.75, 3.05) is 30.7 Å². The summed E-state index contributed by atoms with van der Waals surface area (Å²) < 4.78 is 47.0. The smallest absolute Gasteiger partial charge is 0.268 e. The van der Waals surface area contributed by atoms with Crippen LogP contribution in [-0.4, -0.2) is 40.9 Å². The molecule has 188 valence electrons. The molecule has 0 atom stereocenters. The molecular formula is C27H39NO5S. The van der Waals surface area contributed by atoms with Crippen LogP contribution < -0.4 is 13.8 Å². The fourth-order valence-electron chi connectivity index (χ4n) is 4.13. The number of benzene rings is 2. The molecule has 0 N–H and O–H groups in total. The van der Waals surface area contributed by atoms with Gasteiger partial charge in [-0.1, -0.05) is 31.5 Å². The molecule has 0 radical (unpaired) electrons. The molecular weight excluding hydrogens is 450 g/mol. The van der Waals surface area contributed by atoms with Crippen molar-refractivity contribution in [1.29, 1.82) is 0 Å². The first-order valence-corrected chi connectivity index (χ1v) is 13.6. The predicted octanol–water partition coefficient (Wildman–Crippen LogP) is 5.75. The summed E-state index contributed by atoms with van der Waals surface area (Å²) in [5, 5.41) is 0. The van der Waals surface area contributed by atoms with Gasteiger partial charge in [-0.25, -0.2) is 8.42 Å². The Morgan fingerprint density at radius 2 is 1.74 bits per heavy atom. The van der Waals surface area contributed by atoms with E-state index in [9.17, 15) is 8.42 Å². The van der Waals surface area contributed by atoms with E-state index in [4.69, 9.17) is 14.2 Å². The summed E-state index contributed by atoms with van der Waals surface area (Å²) >= 11 is 0. The maximum atomic E-state index is 14.0. The second kappa shape index (κ2) is 11.5. The van der Waals surface area contributed by atoms with Crippen LogP contribution in [0.15, 0.2) is 41.3 Å². The van der Waals surface area contributed by atoms with E-state index in [1.807, 2.05) is 59.7 Å². The van der Waals surface area contributed by atoms with Crippen LogP contribution in [0.1, 0.15) is 51.7 Å². The second-order valence-corrected chi connectivity index (χ2v) is 11.7. The molecule has 0 bridgehead atoms. The van der Waals surface area contributed by atoms with Gasteiger partial charge in [0.1, 0.15) is 16.4 Å². The van der Waals surface area contributed by atoms with E-state index in [1.54, 1.807) is 18.2 Å². The Hall–Kier alpha value is -2.25. The maximum absolute atomic E-state index is 14.0. The third-order valence-electron chi connectivity index (χ3n) is 5.82. The van der Waals surface area contributed by atoms with Crippen LogP contribution in [0.3, 0.4) is 0 Å². The third kappa shape index (κ3) is 6.66. The summed E-state index contributed by atoms with van der Waals surface area (Å²) in [5.41, 5.74) is 2.71. The lowest BCUT2D eigenvalue weighted by atomic mass is 10.0. The van der Waals surface area contributed by atoms with Crippen LogP contribution in [0.4, 0.5) is 5.69 Å². The number of hydrogen-bond donors (Lipinski definition) is 0. The molecule has 2 aromatic carbocycles. The molecule has 1 aliphatic heterocycles. The summed E-state index contributed by atoms with van der Waals surface area (Å²) in [6.07, 6.45) is 1.77. The fourth-order valence-corrected chi connectivity index (χ4v) is 5.92. The van der Waals surface area contributed by atoms with Gasteiger partial charge in [0.2, 0.25) is 0 Å². The number of rotatable bonds is 10. The molecule has 1 heterocycles. The van der Waals surface area contributed by atoms with E-state index in [0.29, 0.717) is 36.3 Å². The largest absolute Gasteiger partial charge is 0.493 e. The van der Waals surface area contributed by atoms with Crippen LogP contribution in [-0.2, 0) is 14.8 Å². The van der Waals surface area contributed by atoms with Crippen LogP contribution in [0.5, 0.6) is 11.5 Å². The first kappa shape index (κ1) is 26.4. The highest BCUT2D eigenvalue weighted by atomic mass is 32.2. The van der Waals surface area contributed by atoms with Crippen molar-refractivity contribution in [3.63, 3.8) is 0 Å². The molecule has 0 amide bonds. The van der Waals surface area contributed by atoms with E-state index < -0.39 is 10.0 Å². The minimum atomic E-state index is -3.88. The Bertz CT molecular complexity index is 1060. The number of hydrogen-bond acceptors (Lipinski definition) is 5. The SMILES string of the molecule is Cc1ccc(N(CC(C)C)S(=O)(=O)c2ccc(OCC3CCOCC3)cc2OC(C)C)c(C)c1. The van der Waals surface area contributed by atoms with Crippen molar-refractivity contribution in [3.05, 3.63) is 47.5 Å². The minimum Gasteiger partial charge on any atom is -0.493 e. The third-order valence-corrected chi connectivity index (χ3v) is 7.64. The van der Waals surface area contributed by atoms with Gasteiger partial charge in [0.15, 0.2) is 0 Å². The number of ether oxygens (including phenoxy) is 3. The van der Waals surface area contributed by atoms with E-state index in [2.05, 4.69) is 0 Å². The molecule has 7 heteroatoms. The van der Waals surface area contributed by atoms with Crippen molar-refractivity contribution in [1.82, 2.24) is 0 Å². The van der Waals surface area contributed by atoms with E-state index >= 15 is 0 Å². The highest BCUT2D eigenvalue weighted by Gasteiger charge is 2.30. The average Bonchev–Trinajstić information content (AvgIpc) is 2.76. The Morgan fingerprint density at radius 3 is 2.35 bits per heavy atom. The molecule has 1 aliphatic rings. The van der Waals surface area contributed by atoms with Crippen LogP contribution in [0, 0.1) is 25.7 Å². The summed E-state index contributed by atoms with van der Waals surface area (Å²) in [7, 11) is -3.88. The highest BCUT2D eigenvalue weighted by Crippen LogP contribution is 2.35. The fraction of sp³-hybridized carbons (Fsp3) is 0.556. The first-order valence-electron chi connectivity index (χ1n) is 12.2. The number of sulfonamides is 1. The first-order chi connectivity index (χ1) is 16.1. The van der Waals surface area contributed by atoms with Crippen LogP contribution >= 0.6 is 0 Å². The number of aryl methyl sites for hydroxylation is 2. The van der Waals surface area contributed by atoms with E-state index in [1.165, 1.54) is 4.31 Å². The molecule has 6 nitrogen and oxygen atoms in total. The normalized spacial score (nSPS) is 15.1. The van der Waals surface area contributed by atoms with Crippen molar-refractivity contribution in [3.8, 4) is 11.5 Å². The Morgan fingerprint density at radius 1 is 1.03 bits per heavy atom. The summed E-state index contributed by atoms with van der Waals surface area (Å²) in [6.45, 7) is 14.2. The van der Waals surface area contributed by atoms with Gasteiger partial charge in [-0.05, 0) is 76.1 Å². The predicted molar refractivity (Wildman–Crippen MR) is 137 cm³/mol. The van der Waals surface area contributed by atoms with Gasteiger partial charge in [-0.15, -0.1) is 0 Å². The van der Waals surface area contributed by atoms with Gasteiger partial charge in [-0.2, -0.15) is 0 Å². The number of anilines is 1. The molecule has 0 saturated carbocycles. The molecule has 2 aromatic rings.